The fraction of sp³-hybridized carbons (Fsp3) is 0.364. The van der Waals surface area contributed by atoms with Gasteiger partial charge in [0.15, 0.2) is 5.13 Å². The predicted octanol–water partition coefficient (Wildman–Crippen LogP) is -1.45. The van der Waals surface area contributed by atoms with Gasteiger partial charge in [0, 0.05) is 11.5 Å². The van der Waals surface area contributed by atoms with Gasteiger partial charge in [0.25, 0.3) is 11.8 Å². The molecule has 1 fully saturated rings. The van der Waals surface area contributed by atoms with Crippen molar-refractivity contribution >= 4 is 44.5 Å². The summed E-state index contributed by atoms with van der Waals surface area (Å²) in [7, 11) is -4.69. The van der Waals surface area contributed by atoms with E-state index >= 15 is 0 Å². The summed E-state index contributed by atoms with van der Waals surface area (Å²) in [6.07, 6.45) is 1.39. The molecular weight excluding hydrogens is 376 g/mol. The molecule has 0 bridgehead atoms. The van der Waals surface area contributed by atoms with Gasteiger partial charge in [-0.15, -0.1) is 0 Å². The van der Waals surface area contributed by atoms with Crippen LogP contribution in [0.2, 0.25) is 0 Å². The number of nitrogen functional groups attached to an aromatic ring is 1. The molecule has 1 aliphatic rings. The fourth-order valence-electron chi connectivity index (χ4n) is 1.98. The Kier molecular flexibility index (Phi) is 5.34. The SMILES string of the molecule is C=CCO/N=C(\C(=O)N[C@@H]1C(=O)N(S(=O)(=O)O)[C@H]1C)c1nsc(N)n1. The second-order valence-electron chi connectivity index (χ2n) is 4.78. The second-order valence-corrected chi connectivity index (χ2v) is 6.86. The minimum Gasteiger partial charge on any atom is -0.391 e. The molecule has 1 saturated heterocycles. The van der Waals surface area contributed by atoms with Crippen LogP contribution in [-0.4, -0.2) is 62.8 Å². The van der Waals surface area contributed by atoms with Crippen molar-refractivity contribution in [1.29, 1.82) is 0 Å². The van der Waals surface area contributed by atoms with Crippen LogP contribution in [0.1, 0.15) is 12.7 Å². The van der Waals surface area contributed by atoms with Gasteiger partial charge in [-0.3, -0.25) is 14.1 Å². The van der Waals surface area contributed by atoms with Gasteiger partial charge < -0.3 is 15.9 Å². The molecule has 25 heavy (non-hydrogen) atoms. The summed E-state index contributed by atoms with van der Waals surface area (Å²) in [5.74, 6) is -1.97. The van der Waals surface area contributed by atoms with Crippen molar-refractivity contribution in [3.8, 4) is 0 Å². The molecule has 2 atom stereocenters. The molecule has 12 nitrogen and oxygen atoms in total. The maximum absolute atomic E-state index is 12.4. The van der Waals surface area contributed by atoms with E-state index in [1.165, 1.54) is 13.0 Å². The quantitative estimate of drug-likeness (QED) is 0.125. The highest BCUT2D eigenvalue weighted by Gasteiger charge is 2.51. The van der Waals surface area contributed by atoms with E-state index in [2.05, 4.69) is 26.4 Å². The van der Waals surface area contributed by atoms with Crippen molar-refractivity contribution in [3.63, 3.8) is 0 Å². The van der Waals surface area contributed by atoms with Gasteiger partial charge in [-0.05, 0) is 6.92 Å². The van der Waals surface area contributed by atoms with E-state index in [1.807, 2.05) is 0 Å². The van der Waals surface area contributed by atoms with Crippen LogP contribution >= 0.6 is 11.5 Å². The summed E-state index contributed by atoms with van der Waals surface area (Å²) in [4.78, 5) is 32.8. The Morgan fingerprint density at radius 3 is 2.80 bits per heavy atom. The lowest BCUT2D eigenvalue weighted by Crippen LogP contribution is -2.71. The van der Waals surface area contributed by atoms with E-state index in [1.54, 1.807) is 0 Å². The van der Waals surface area contributed by atoms with E-state index in [9.17, 15) is 18.0 Å². The second kappa shape index (κ2) is 7.12. The first-order valence-electron chi connectivity index (χ1n) is 6.68. The van der Waals surface area contributed by atoms with Crippen molar-refractivity contribution in [3.05, 3.63) is 18.5 Å². The third kappa shape index (κ3) is 3.92. The number of hydrogen-bond acceptors (Lipinski definition) is 10. The van der Waals surface area contributed by atoms with E-state index in [0.29, 0.717) is 0 Å². The molecule has 136 valence electrons. The summed E-state index contributed by atoms with van der Waals surface area (Å²) in [6.45, 7) is 4.77. The van der Waals surface area contributed by atoms with Crippen molar-refractivity contribution in [2.45, 2.75) is 19.0 Å². The molecule has 2 heterocycles. The van der Waals surface area contributed by atoms with E-state index in [-0.39, 0.29) is 27.6 Å². The van der Waals surface area contributed by atoms with Crippen LogP contribution in [0.25, 0.3) is 0 Å². The van der Waals surface area contributed by atoms with Crippen LogP contribution in [0, 0.1) is 0 Å². The summed E-state index contributed by atoms with van der Waals surface area (Å²) in [5.41, 5.74) is 5.12. The van der Waals surface area contributed by atoms with Gasteiger partial charge in [-0.1, -0.05) is 17.8 Å². The number of nitrogens with one attached hydrogen (secondary N) is 1. The first-order valence-corrected chi connectivity index (χ1v) is 8.85. The zero-order valence-corrected chi connectivity index (χ0v) is 14.5. The molecule has 0 unspecified atom stereocenters. The number of β-lactam (4-membered cyclic amide) rings is 1. The number of nitrogens with two attached hydrogens (primary N) is 1. The molecular formula is C11H14N6O6S2. The smallest absolute Gasteiger partial charge is 0.362 e. The predicted molar refractivity (Wildman–Crippen MR) is 86.8 cm³/mol. The molecule has 1 aromatic heterocycles. The molecule has 0 saturated carbocycles. The topological polar surface area (TPSA) is 177 Å². The number of oxime groups is 1. The Morgan fingerprint density at radius 1 is 1.64 bits per heavy atom. The Hall–Kier alpha value is -2.58. The van der Waals surface area contributed by atoms with Crippen molar-refractivity contribution in [1.82, 2.24) is 19.0 Å². The summed E-state index contributed by atoms with van der Waals surface area (Å²) < 4.78 is 35.2. The molecule has 1 aliphatic heterocycles. The van der Waals surface area contributed by atoms with Crippen LogP contribution in [0.5, 0.6) is 0 Å². The molecule has 14 heteroatoms. The lowest BCUT2D eigenvalue weighted by molar-refractivity contribution is -0.143. The van der Waals surface area contributed by atoms with Crippen LogP contribution < -0.4 is 11.1 Å². The normalized spacial score (nSPS) is 20.8. The van der Waals surface area contributed by atoms with Crippen molar-refractivity contribution in [2.24, 2.45) is 5.16 Å². The number of rotatable bonds is 7. The minimum absolute atomic E-state index is 0.00565. The monoisotopic (exact) mass is 390 g/mol. The number of anilines is 1. The molecule has 0 aromatic carbocycles. The standard InChI is InChI=1S/C11H14N6O6S2/c1-3-4-23-15-7(8-14-11(12)24-16-8)9(18)13-6-5(2)17(10(6)19)25(20,21)22/h3,5-6H,1,4H2,2H3,(H,13,18)(H2,12,14,16)(H,20,21,22)/b15-7-/t5-,6-/m0/s1. The number of amides is 2. The Bertz CT molecular complexity index is 834. The molecule has 0 radical (unpaired) electrons. The molecule has 0 spiro atoms. The van der Waals surface area contributed by atoms with Crippen LogP contribution in [0.15, 0.2) is 17.8 Å². The van der Waals surface area contributed by atoms with Gasteiger partial charge in [-0.25, -0.2) is 4.31 Å². The van der Waals surface area contributed by atoms with Gasteiger partial charge >= 0.3 is 10.3 Å². The first-order chi connectivity index (χ1) is 11.7. The van der Waals surface area contributed by atoms with E-state index in [4.69, 9.17) is 15.1 Å². The maximum atomic E-state index is 12.4. The number of carbonyl (C=O) groups excluding carboxylic acids is 2. The highest BCUT2D eigenvalue weighted by molar-refractivity contribution is 7.84. The highest BCUT2D eigenvalue weighted by Crippen LogP contribution is 2.23. The third-order valence-electron chi connectivity index (χ3n) is 3.09. The lowest BCUT2D eigenvalue weighted by Gasteiger charge is -2.42. The largest absolute Gasteiger partial charge is 0.391 e. The lowest BCUT2D eigenvalue weighted by atomic mass is 10.0. The summed E-state index contributed by atoms with van der Waals surface area (Å²) in [6, 6.07) is -2.15. The average molecular weight is 390 g/mol. The molecule has 0 aliphatic carbocycles. The van der Waals surface area contributed by atoms with Gasteiger partial charge in [0.1, 0.15) is 12.6 Å². The third-order valence-corrected chi connectivity index (χ3v) is 4.64. The highest BCUT2D eigenvalue weighted by atomic mass is 32.2. The number of aromatic nitrogens is 2. The molecule has 2 rings (SSSR count). The number of carbonyl (C=O) groups is 2. The molecule has 2 amide bonds. The molecule has 1 aromatic rings. The maximum Gasteiger partial charge on any atom is 0.362 e. The van der Waals surface area contributed by atoms with Gasteiger partial charge in [0.2, 0.25) is 11.5 Å². The Balaban J connectivity index is 2.17. The Labute approximate surface area is 146 Å². The van der Waals surface area contributed by atoms with Crippen molar-refractivity contribution < 1.29 is 27.4 Å². The fourth-order valence-corrected chi connectivity index (χ4v) is 3.30. The van der Waals surface area contributed by atoms with Crippen molar-refractivity contribution in [2.75, 3.05) is 12.3 Å². The Morgan fingerprint density at radius 2 is 2.32 bits per heavy atom. The van der Waals surface area contributed by atoms with Crippen LogP contribution in [-0.2, 0) is 24.7 Å². The number of hydrogen-bond donors (Lipinski definition) is 3. The zero-order chi connectivity index (χ0) is 18.8. The van der Waals surface area contributed by atoms with Gasteiger partial charge in [0.05, 0.1) is 6.04 Å². The van der Waals surface area contributed by atoms with E-state index < -0.39 is 34.2 Å². The minimum atomic E-state index is -4.69. The van der Waals surface area contributed by atoms with Gasteiger partial charge in [-0.2, -0.15) is 17.8 Å². The first kappa shape index (κ1) is 18.8. The summed E-state index contributed by atoms with van der Waals surface area (Å²) in [5, 5.41) is 5.98. The van der Waals surface area contributed by atoms with Crippen LogP contribution in [0.3, 0.4) is 0 Å². The van der Waals surface area contributed by atoms with E-state index in [0.717, 1.165) is 11.5 Å². The number of nitrogens with zero attached hydrogens (tertiary/aromatic N) is 4. The van der Waals surface area contributed by atoms with Crippen LogP contribution in [0.4, 0.5) is 5.13 Å². The summed E-state index contributed by atoms with van der Waals surface area (Å²) >= 11 is 0.825. The molecule has 4 N–H and O–H groups in total. The average Bonchev–Trinajstić information content (AvgIpc) is 2.94. The zero-order valence-electron chi connectivity index (χ0n) is 12.8.